The van der Waals surface area contributed by atoms with E-state index in [2.05, 4.69) is 6.07 Å². The summed E-state index contributed by atoms with van der Waals surface area (Å²) in [4.78, 5) is 0. The predicted octanol–water partition coefficient (Wildman–Crippen LogP) is 1.93. The molecule has 1 spiro atoms. The number of fused-ring (bicyclic) bond motifs is 1. The molecule has 4 nitrogen and oxygen atoms in total. The van der Waals surface area contributed by atoms with Crippen LogP contribution in [0, 0.1) is 5.92 Å². The Morgan fingerprint density at radius 1 is 1.35 bits per heavy atom. The van der Waals surface area contributed by atoms with E-state index in [1.807, 2.05) is 12.1 Å². The van der Waals surface area contributed by atoms with Gasteiger partial charge in [0.2, 0.25) is 0 Å². The van der Waals surface area contributed by atoms with Crippen LogP contribution >= 0.6 is 0 Å². The first-order valence-corrected chi connectivity index (χ1v) is 7.32. The fourth-order valence-corrected chi connectivity index (χ4v) is 3.48. The molecule has 0 bridgehead atoms. The van der Waals surface area contributed by atoms with Crippen LogP contribution in [0.1, 0.15) is 24.0 Å². The van der Waals surface area contributed by atoms with Crippen LogP contribution in [0.15, 0.2) is 18.2 Å². The topological polar surface area (TPSA) is 47.9 Å². The van der Waals surface area contributed by atoms with Crippen LogP contribution in [0.4, 0.5) is 0 Å². The first-order valence-electron chi connectivity index (χ1n) is 7.32. The molecule has 2 aliphatic rings. The summed E-state index contributed by atoms with van der Waals surface area (Å²) in [5, 5.41) is 9.12. The second kappa shape index (κ2) is 5.72. The van der Waals surface area contributed by atoms with E-state index in [0.29, 0.717) is 13.2 Å². The molecule has 0 radical (unpaired) electrons. The monoisotopic (exact) mass is 278 g/mol. The molecule has 0 amide bonds. The quantitative estimate of drug-likeness (QED) is 0.914. The first-order chi connectivity index (χ1) is 9.79. The summed E-state index contributed by atoms with van der Waals surface area (Å²) in [7, 11) is 1.71. The van der Waals surface area contributed by atoms with E-state index < -0.39 is 5.79 Å². The molecule has 1 unspecified atom stereocenters. The minimum absolute atomic E-state index is 0.214. The molecular weight excluding hydrogens is 256 g/mol. The lowest BCUT2D eigenvalue weighted by Crippen LogP contribution is -2.46. The van der Waals surface area contributed by atoms with Crippen molar-refractivity contribution >= 4 is 0 Å². The van der Waals surface area contributed by atoms with Crippen LogP contribution in [0.3, 0.4) is 0 Å². The maximum atomic E-state index is 9.12. The summed E-state index contributed by atoms with van der Waals surface area (Å²) in [6, 6.07) is 6.16. The Labute approximate surface area is 119 Å². The molecule has 110 valence electrons. The van der Waals surface area contributed by atoms with Gasteiger partial charge in [0.15, 0.2) is 5.79 Å². The summed E-state index contributed by atoms with van der Waals surface area (Å²) >= 11 is 0. The van der Waals surface area contributed by atoms with Crippen molar-refractivity contribution in [2.75, 3.05) is 26.9 Å². The molecule has 1 fully saturated rings. The SMILES string of the molecule is COc1cccc2c1CC(CCCO)C1(C2)OCCO1. The lowest BCUT2D eigenvalue weighted by Gasteiger charge is -2.40. The molecule has 20 heavy (non-hydrogen) atoms. The molecule has 1 saturated heterocycles. The normalized spacial score (nSPS) is 23.8. The van der Waals surface area contributed by atoms with Crippen molar-refractivity contribution in [1.29, 1.82) is 0 Å². The minimum atomic E-state index is -0.492. The molecule has 4 heteroatoms. The van der Waals surface area contributed by atoms with Gasteiger partial charge in [-0.1, -0.05) is 12.1 Å². The van der Waals surface area contributed by atoms with Crippen molar-refractivity contribution in [3.63, 3.8) is 0 Å². The van der Waals surface area contributed by atoms with Gasteiger partial charge in [-0.2, -0.15) is 0 Å². The predicted molar refractivity (Wildman–Crippen MR) is 74.8 cm³/mol. The Morgan fingerprint density at radius 3 is 2.85 bits per heavy atom. The van der Waals surface area contributed by atoms with Crippen LogP contribution < -0.4 is 4.74 Å². The third-order valence-electron chi connectivity index (χ3n) is 4.45. The van der Waals surface area contributed by atoms with Gasteiger partial charge in [0.05, 0.1) is 20.3 Å². The number of hydrogen-bond acceptors (Lipinski definition) is 4. The highest BCUT2D eigenvalue weighted by Gasteiger charge is 2.47. The fraction of sp³-hybridized carbons (Fsp3) is 0.625. The molecule has 0 aromatic heterocycles. The van der Waals surface area contributed by atoms with Crippen LogP contribution in [-0.4, -0.2) is 37.8 Å². The zero-order chi connectivity index (χ0) is 14.0. The van der Waals surface area contributed by atoms with Crippen molar-refractivity contribution in [3.05, 3.63) is 29.3 Å². The highest BCUT2D eigenvalue weighted by atomic mass is 16.7. The van der Waals surface area contributed by atoms with Crippen LogP contribution in [0.25, 0.3) is 0 Å². The molecular formula is C16H22O4. The third kappa shape index (κ3) is 2.32. The van der Waals surface area contributed by atoms with Crippen LogP contribution in [0.2, 0.25) is 0 Å². The van der Waals surface area contributed by atoms with Gasteiger partial charge in [-0.25, -0.2) is 0 Å². The van der Waals surface area contributed by atoms with Gasteiger partial charge < -0.3 is 19.3 Å². The summed E-state index contributed by atoms with van der Waals surface area (Å²) in [6.45, 7) is 1.54. The largest absolute Gasteiger partial charge is 0.496 e. The van der Waals surface area contributed by atoms with Crippen molar-refractivity contribution in [2.45, 2.75) is 31.5 Å². The van der Waals surface area contributed by atoms with E-state index in [1.54, 1.807) is 7.11 Å². The summed E-state index contributed by atoms with van der Waals surface area (Å²) in [5.74, 6) is 0.736. The van der Waals surface area contributed by atoms with E-state index >= 15 is 0 Å². The maximum Gasteiger partial charge on any atom is 0.175 e. The van der Waals surface area contributed by atoms with E-state index in [1.165, 1.54) is 11.1 Å². The highest BCUT2D eigenvalue weighted by Crippen LogP contribution is 2.44. The standard InChI is InChI=1S/C16H22O4/c1-18-15-6-2-4-12-11-16(19-8-9-20-16)13(5-3-7-17)10-14(12)15/h2,4,6,13,17H,3,5,7-11H2,1H3. The third-order valence-corrected chi connectivity index (χ3v) is 4.45. The minimum Gasteiger partial charge on any atom is -0.496 e. The number of methoxy groups -OCH3 is 1. The summed E-state index contributed by atoms with van der Waals surface area (Å²) in [5.41, 5.74) is 2.52. The van der Waals surface area contributed by atoms with Crippen LogP contribution in [0.5, 0.6) is 5.75 Å². The zero-order valence-corrected chi connectivity index (χ0v) is 11.9. The van der Waals surface area contributed by atoms with Crippen LogP contribution in [-0.2, 0) is 22.3 Å². The molecule has 1 atom stereocenters. The van der Waals surface area contributed by atoms with Gasteiger partial charge in [-0.3, -0.25) is 0 Å². The van der Waals surface area contributed by atoms with Gasteiger partial charge in [0.25, 0.3) is 0 Å². The smallest absolute Gasteiger partial charge is 0.175 e. The maximum absolute atomic E-state index is 9.12. The van der Waals surface area contributed by atoms with E-state index in [9.17, 15) is 0 Å². The molecule has 0 saturated carbocycles. The molecule has 1 N–H and O–H groups in total. The van der Waals surface area contributed by atoms with Gasteiger partial charge in [0.1, 0.15) is 5.75 Å². The number of aliphatic hydroxyl groups is 1. The van der Waals surface area contributed by atoms with E-state index in [-0.39, 0.29) is 12.5 Å². The number of aliphatic hydroxyl groups excluding tert-OH is 1. The number of benzene rings is 1. The molecule has 1 aliphatic heterocycles. The number of hydrogen-bond donors (Lipinski definition) is 1. The Morgan fingerprint density at radius 2 is 2.15 bits per heavy atom. The van der Waals surface area contributed by atoms with Gasteiger partial charge in [-0.15, -0.1) is 0 Å². The summed E-state index contributed by atoms with van der Waals surface area (Å²) in [6.07, 6.45) is 3.35. The van der Waals surface area contributed by atoms with Crippen molar-refractivity contribution in [1.82, 2.24) is 0 Å². The molecule has 1 aromatic rings. The number of rotatable bonds is 4. The first kappa shape index (κ1) is 13.9. The van der Waals surface area contributed by atoms with Gasteiger partial charge >= 0.3 is 0 Å². The fourth-order valence-electron chi connectivity index (χ4n) is 3.48. The Kier molecular flexibility index (Phi) is 3.96. The van der Waals surface area contributed by atoms with Crippen molar-refractivity contribution in [3.8, 4) is 5.75 Å². The second-order valence-electron chi connectivity index (χ2n) is 5.55. The zero-order valence-electron chi connectivity index (χ0n) is 11.9. The summed E-state index contributed by atoms with van der Waals surface area (Å²) < 4.78 is 17.4. The molecule has 3 rings (SSSR count). The lowest BCUT2D eigenvalue weighted by atomic mass is 9.76. The molecule has 1 heterocycles. The van der Waals surface area contributed by atoms with Crippen molar-refractivity contribution in [2.24, 2.45) is 5.92 Å². The Bertz CT molecular complexity index is 466. The molecule has 1 aromatic carbocycles. The van der Waals surface area contributed by atoms with E-state index in [0.717, 1.165) is 31.4 Å². The van der Waals surface area contributed by atoms with Gasteiger partial charge in [0, 0.05) is 18.9 Å². The lowest BCUT2D eigenvalue weighted by molar-refractivity contribution is -0.200. The average Bonchev–Trinajstić information content (AvgIpc) is 2.93. The van der Waals surface area contributed by atoms with Gasteiger partial charge in [-0.05, 0) is 36.5 Å². The van der Waals surface area contributed by atoms with Crippen molar-refractivity contribution < 1.29 is 19.3 Å². The Hall–Kier alpha value is -1.10. The highest BCUT2D eigenvalue weighted by molar-refractivity contribution is 5.43. The number of ether oxygens (including phenoxy) is 3. The average molecular weight is 278 g/mol. The second-order valence-corrected chi connectivity index (χ2v) is 5.55. The Balaban J connectivity index is 1.93. The molecule has 1 aliphatic carbocycles. The van der Waals surface area contributed by atoms with E-state index in [4.69, 9.17) is 19.3 Å².